The van der Waals surface area contributed by atoms with E-state index in [2.05, 4.69) is 69.9 Å². The number of hydrogen-bond acceptors (Lipinski definition) is 3. The Morgan fingerprint density at radius 3 is 2.41 bits per heavy atom. The molecule has 0 fully saturated rings. The third kappa shape index (κ3) is 5.44. The maximum absolute atomic E-state index is 4.55. The normalized spacial score (nSPS) is 12.7. The van der Waals surface area contributed by atoms with Crippen LogP contribution in [0.2, 0.25) is 0 Å². The molecule has 1 aromatic carbocycles. The lowest BCUT2D eigenvalue weighted by molar-refractivity contribution is 0.698. The lowest BCUT2D eigenvalue weighted by atomic mass is 10.0. The van der Waals surface area contributed by atoms with Crippen molar-refractivity contribution in [2.24, 2.45) is 4.99 Å². The Hall–Kier alpha value is -3.15. The zero-order valence-electron chi connectivity index (χ0n) is 17.9. The Labute approximate surface area is 173 Å². The molecule has 3 aromatic rings. The summed E-state index contributed by atoms with van der Waals surface area (Å²) in [4.78, 5) is 8.87. The molecular formula is C23H30N6. The van der Waals surface area contributed by atoms with Gasteiger partial charge in [0, 0.05) is 32.0 Å². The Morgan fingerprint density at radius 2 is 1.83 bits per heavy atom. The topological polar surface area (TPSA) is 67.1 Å². The molecule has 0 aliphatic rings. The average molecular weight is 391 g/mol. The zero-order valence-corrected chi connectivity index (χ0v) is 17.9. The van der Waals surface area contributed by atoms with E-state index < -0.39 is 0 Å². The number of nitrogens with zero attached hydrogens (tertiary/aromatic N) is 4. The van der Waals surface area contributed by atoms with E-state index in [1.807, 2.05) is 36.9 Å². The maximum Gasteiger partial charge on any atom is 0.191 e. The number of nitrogens with one attached hydrogen (secondary N) is 2. The van der Waals surface area contributed by atoms with Crippen LogP contribution in [0.4, 0.5) is 0 Å². The minimum Gasteiger partial charge on any atom is -0.356 e. The van der Waals surface area contributed by atoms with Gasteiger partial charge in [0.25, 0.3) is 0 Å². The molecule has 2 N–H and O–H groups in total. The van der Waals surface area contributed by atoms with Crippen molar-refractivity contribution in [3.8, 4) is 5.82 Å². The van der Waals surface area contributed by atoms with E-state index in [0.717, 1.165) is 35.3 Å². The molecule has 0 amide bonds. The molecule has 0 aliphatic heterocycles. The van der Waals surface area contributed by atoms with Crippen molar-refractivity contribution in [2.45, 2.75) is 40.2 Å². The fraction of sp³-hybridized carbons (Fsp3) is 0.348. The predicted molar refractivity (Wildman–Crippen MR) is 119 cm³/mol. The van der Waals surface area contributed by atoms with Gasteiger partial charge in [-0.2, -0.15) is 5.10 Å². The fourth-order valence-electron chi connectivity index (χ4n) is 3.18. The van der Waals surface area contributed by atoms with Gasteiger partial charge in [0.1, 0.15) is 0 Å². The third-order valence-electron chi connectivity index (χ3n) is 4.94. The number of aromatic nitrogens is 3. The summed E-state index contributed by atoms with van der Waals surface area (Å²) < 4.78 is 1.86. The molecule has 29 heavy (non-hydrogen) atoms. The van der Waals surface area contributed by atoms with Crippen LogP contribution in [-0.2, 0) is 6.54 Å². The molecule has 6 nitrogen and oxygen atoms in total. The summed E-state index contributed by atoms with van der Waals surface area (Å²) in [5, 5.41) is 11.2. The number of aryl methyl sites for hydroxylation is 3. The Morgan fingerprint density at radius 1 is 1.07 bits per heavy atom. The van der Waals surface area contributed by atoms with Crippen LogP contribution in [0.15, 0.2) is 53.7 Å². The van der Waals surface area contributed by atoms with Crippen LogP contribution in [0.1, 0.15) is 40.9 Å². The molecule has 0 saturated heterocycles. The highest BCUT2D eigenvalue weighted by molar-refractivity contribution is 5.79. The number of benzene rings is 1. The monoisotopic (exact) mass is 390 g/mol. The molecule has 2 heterocycles. The van der Waals surface area contributed by atoms with Crippen molar-refractivity contribution >= 4 is 5.96 Å². The van der Waals surface area contributed by atoms with E-state index in [1.165, 1.54) is 11.1 Å². The van der Waals surface area contributed by atoms with Gasteiger partial charge in [-0.25, -0.2) is 9.67 Å². The van der Waals surface area contributed by atoms with Crippen LogP contribution in [0.5, 0.6) is 0 Å². The summed E-state index contributed by atoms with van der Waals surface area (Å²) in [6.07, 6.45) is 1.88. The van der Waals surface area contributed by atoms with Gasteiger partial charge in [-0.05, 0) is 49.9 Å². The average Bonchev–Trinajstić information content (AvgIpc) is 3.07. The molecule has 0 aliphatic carbocycles. The van der Waals surface area contributed by atoms with Crippen molar-refractivity contribution in [3.63, 3.8) is 0 Å². The predicted octanol–water partition coefficient (Wildman–Crippen LogP) is 3.66. The van der Waals surface area contributed by atoms with Crippen LogP contribution >= 0.6 is 0 Å². The summed E-state index contributed by atoms with van der Waals surface area (Å²) in [5.74, 6) is 2.01. The van der Waals surface area contributed by atoms with E-state index in [9.17, 15) is 0 Å². The molecule has 3 rings (SSSR count). The third-order valence-corrected chi connectivity index (χ3v) is 4.94. The van der Waals surface area contributed by atoms with Crippen LogP contribution in [0, 0.1) is 20.8 Å². The van der Waals surface area contributed by atoms with Crippen LogP contribution in [0.3, 0.4) is 0 Å². The van der Waals surface area contributed by atoms with E-state index in [1.54, 1.807) is 7.05 Å². The number of hydrogen-bond donors (Lipinski definition) is 2. The highest BCUT2D eigenvalue weighted by Gasteiger charge is 2.08. The standard InChI is InChI=1S/C23H30N6/c1-16-6-9-21(10-7-16)17(2)13-26-23(24-5)27-15-20-8-11-22(25-14-20)29-19(4)12-18(3)28-29/h6-12,14,17H,13,15H2,1-5H3,(H2,24,26,27). The lowest BCUT2D eigenvalue weighted by Crippen LogP contribution is -2.38. The van der Waals surface area contributed by atoms with Gasteiger partial charge in [-0.15, -0.1) is 0 Å². The number of pyridine rings is 1. The first kappa shape index (κ1) is 20.6. The minimum atomic E-state index is 0.399. The first-order chi connectivity index (χ1) is 14.0. The van der Waals surface area contributed by atoms with Crippen molar-refractivity contribution in [1.82, 2.24) is 25.4 Å². The summed E-state index contributed by atoms with van der Waals surface area (Å²) in [6.45, 7) is 9.81. The smallest absolute Gasteiger partial charge is 0.191 e. The second-order valence-electron chi connectivity index (χ2n) is 7.48. The van der Waals surface area contributed by atoms with Gasteiger partial charge in [-0.1, -0.05) is 42.8 Å². The van der Waals surface area contributed by atoms with Gasteiger partial charge in [0.2, 0.25) is 0 Å². The molecule has 0 spiro atoms. The van der Waals surface area contributed by atoms with Crippen LogP contribution in [0.25, 0.3) is 5.82 Å². The second kappa shape index (κ2) is 9.37. The van der Waals surface area contributed by atoms with E-state index in [4.69, 9.17) is 0 Å². The molecule has 6 heteroatoms. The number of aliphatic imine (C=N–C) groups is 1. The number of guanidine groups is 1. The van der Waals surface area contributed by atoms with Crippen LogP contribution in [-0.4, -0.2) is 34.3 Å². The molecule has 152 valence electrons. The minimum absolute atomic E-state index is 0.399. The highest BCUT2D eigenvalue weighted by Crippen LogP contribution is 2.14. The Bertz CT molecular complexity index is 954. The van der Waals surface area contributed by atoms with E-state index >= 15 is 0 Å². The Kier molecular flexibility index (Phi) is 6.65. The van der Waals surface area contributed by atoms with E-state index in [0.29, 0.717) is 12.5 Å². The first-order valence-electron chi connectivity index (χ1n) is 9.96. The number of rotatable bonds is 6. The first-order valence-corrected chi connectivity index (χ1v) is 9.96. The van der Waals surface area contributed by atoms with Gasteiger partial charge in [-0.3, -0.25) is 4.99 Å². The molecule has 0 saturated carbocycles. The van der Waals surface area contributed by atoms with Crippen LogP contribution < -0.4 is 10.6 Å². The molecule has 0 bridgehead atoms. The molecular weight excluding hydrogens is 360 g/mol. The van der Waals surface area contributed by atoms with Crippen molar-refractivity contribution in [2.75, 3.05) is 13.6 Å². The molecule has 1 unspecified atom stereocenters. The summed E-state index contributed by atoms with van der Waals surface area (Å²) in [7, 11) is 1.79. The zero-order chi connectivity index (χ0) is 20.8. The summed E-state index contributed by atoms with van der Waals surface area (Å²) in [6, 6.07) is 14.8. The quantitative estimate of drug-likeness (QED) is 0.498. The lowest BCUT2D eigenvalue weighted by Gasteiger charge is -2.16. The summed E-state index contributed by atoms with van der Waals surface area (Å²) >= 11 is 0. The van der Waals surface area contributed by atoms with Gasteiger partial charge in [0.05, 0.1) is 5.69 Å². The van der Waals surface area contributed by atoms with Crippen molar-refractivity contribution in [1.29, 1.82) is 0 Å². The molecule has 2 aromatic heterocycles. The maximum atomic E-state index is 4.55. The van der Waals surface area contributed by atoms with Gasteiger partial charge in [0.15, 0.2) is 11.8 Å². The van der Waals surface area contributed by atoms with E-state index in [-0.39, 0.29) is 0 Å². The molecule has 0 radical (unpaired) electrons. The second-order valence-corrected chi connectivity index (χ2v) is 7.48. The van der Waals surface area contributed by atoms with Gasteiger partial charge < -0.3 is 10.6 Å². The Balaban J connectivity index is 1.52. The van der Waals surface area contributed by atoms with Crippen molar-refractivity contribution in [3.05, 3.63) is 76.7 Å². The van der Waals surface area contributed by atoms with Gasteiger partial charge >= 0.3 is 0 Å². The largest absolute Gasteiger partial charge is 0.356 e. The fourth-order valence-corrected chi connectivity index (χ4v) is 3.18. The summed E-state index contributed by atoms with van der Waals surface area (Å²) in [5.41, 5.74) is 5.76. The SMILES string of the molecule is CN=C(NCc1ccc(-n2nc(C)cc2C)nc1)NCC(C)c1ccc(C)cc1. The molecule has 1 atom stereocenters. The highest BCUT2D eigenvalue weighted by atomic mass is 15.3. The van der Waals surface area contributed by atoms with Crippen molar-refractivity contribution < 1.29 is 0 Å².